The molecule has 0 radical (unpaired) electrons. The third kappa shape index (κ3) is 8.89. The topological polar surface area (TPSA) is 168 Å². The number of ketones is 1. The number of amides is 4. The maximum absolute atomic E-state index is 13.9. The Labute approximate surface area is 244 Å². The summed E-state index contributed by atoms with van der Waals surface area (Å²) in [6.45, 7) is 16.5. The molecule has 0 spiro atoms. The highest BCUT2D eigenvalue weighted by atomic mass is 32.2. The van der Waals surface area contributed by atoms with Crippen LogP contribution in [0.1, 0.15) is 75.2 Å². The van der Waals surface area contributed by atoms with E-state index in [2.05, 4.69) is 16.0 Å². The van der Waals surface area contributed by atoms with Crippen molar-refractivity contribution in [3.05, 3.63) is 0 Å². The van der Waals surface area contributed by atoms with Gasteiger partial charge < -0.3 is 25.6 Å². The standard InChI is InChI=1S/C28H48N4O8S/c1-11-12-17(20(33)23(35)29-13-14-41(10,38)39)30-22(34)19-18-16(28(18,8)9)15-32(19)24(36)21(26(2,3)4)31-25(37)40-27(5,6)7/h16-19,21H,11-15H2,1-10H3,(H,29,35)(H,30,34)(H,31,37)/t16-,17?,18?,19-,21+/m0/s1. The van der Waals surface area contributed by atoms with E-state index in [4.69, 9.17) is 4.74 Å². The largest absolute Gasteiger partial charge is 0.444 e. The first-order valence-electron chi connectivity index (χ1n) is 14.1. The SMILES string of the molecule is CCCC(NC(=O)[C@@H]1C2[C@H](CN1C(=O)[C@@H](NC(=O)OC(C)(C)C)C(C)(C)C)C2(C)C)C(=O)C(=O)NCCS(C)(=O)=O. The summed E-state index contributed by atoms with van der Waals surface area (Å²) in [5.41, 5.74) is -1.68. The number of ether oxygens (including phenoxy) is 1. The van der Waals surface area contributed by atoms with E-state index < -0.39 is 68.6 Å². The Morgan fingerprint density at radius 3 is 2.10 bits per heavy atom. The second-order valence-electron chi connectivity index (χ2n) is 13.9. The first-order chi connectivity index (χ1) is 18.5. The molecule has 1 saturated carbocycles. The third-order valence-corrected chi connectivity index (χ3v) is 8.67. The lowest BCUT2D eigenvalue weighted by Crippen LogP contribution is -2.60. The van der Waals surface area contributed by atoms with E-state index in [-0.39, 0.29) is 36.0 Å². The monoisotopic (exact) mass is 600 g/mol. The van der Waals surface area contributed by atoms with E-state index in [9.17, 15) is 32.4 Å². The molecule has 0 aromatic rings. The van der Waals surface area contributed by atoms with Gasteiger partial charge in [0.15, 0.2) is 0 Å². The molecule has 1 aliphatic heterocycles. The molecule has 2 rings (SSSR count). The molecule has 2 aliphatic rings. The Morgan fingerprint density at radius 2 is 1.61 bits per heavy atom. The number of Topliss-reactive ketones (excluding diaryl/α,β-unsaturated/α-hetero) is 1. The van der Waals surface area contributed by atoms with Gasteiger partial charge in [-0.25, -0.2) is 13.2 Å². The molecule has 2 fully saturated rings. The normalized spacial score (nSPS) is 23.1. The lowest BCUT2D eigenvalue weighted by Gasteiger charge is -2.38. The second kappa shape index (κ2) is 12.3. The minimum Gasteiger partial charge on any atom is -0.444 e. The van der Waals surface area contributed by atoms with Gasteiger partial charge in [0.2, 0.25) is 17.6 Å². The Kier molecular flexibility index (Phi) is 10.3. The quantitative estimate of drug-likeness (QED) is 0.299. The number of fused-ring (bicyclic) bond motifs is 1. The summed E-state index contributed by atoms with van der Waals surface area (Å²) < 4.78 is 28.1. The van der Waals surface area contributed by atoms with E-state index in [1.54, 1.807) is 48.5 Å². The highest BCUT2D eigenvalue weighted by molar-refractivity contribution is 7.90. The van der Waals surface area contributed by atoms with E-state index >= 15 is 0 Å². The van der Waals surface area contributed by atoms with E-state index in [1.165, 1.54) is 4.90 Å². The van der Waals surface area contributed by atoms with Crippen LogP contribution in [0.15, 0.2) is 0 Å². The van der Waals surface area contributed by atoms with Crippen molar-refractivity contribution in [3.8, 4) is 0 Å². The molecule has 1 aliphatic carbocycles. The van der Waals surface area contributed by atoms with Gasteiger partial charge in [-0.2, -0.15) is 0 Å². The zero-order valence-electron chi connectivity index (χ0n) is 26.0. The molecule has 5 atom stereocenters. The molecule has 3 N–H and O–H groups in total. The lowest BCUT2D eigenvalue weighted by molar-refractivity contribution is -0.145. The van der Waals surface area contributed by atoms with Crippen LogP contribution in [-0.2, 0) is 33.8 Å². The molecule has 4 amide bonds. The van der Waals surface area contributed by atoms with Gasteiger partial charge in [0.05, 0.1) is 11.8 Å². The van der Waals surface area contributed by atoms with Crippen LogP contribution in [0.2, 0.25) is 0 Å². The average molecular weight is 601 g/mol. The molecule has 1 saturated heterocycles. The number of sulfone groups is 1. The zero-order valence-corrected chi connectivity index (χ0v) is 26.9. The van der Waals surface area contributed by atoms with E-state index in [0.717, 1.165) is 6.26 Å². The fourth-order valence-electron chi connectivity index (χ4n) is 5.46. The molecule has 41 heavy (non-hydrogen) atoms. The predicted octanol–water partition coefficient (Wildman–Crippen LogP) is 1.42. The number of nitrogens with zero attached hydrogens (tertiary/aromatic N) is 1. The summed E-state index contributed by atoms with van der Waals surface area (Å²) in [6.07, 6.45) is 0.958. The first kappa shape index (κ1) is 34.5. The highest BCUT2D eigenvalue weighted by Crippen LogP contribution is 2.65. The van der Waals surface area contributed by atoms with Crippen LogP contribution in [-0.4, -0.2) is 91.7 Å². The summed E-state index contributed by atoms with van der Waals surface area (Å²) in [6, 6.07) is -3.02. The number of hydrogen-bond acceptors (Lipinski definition) is 8. The van der Waals surface area contributed by atoms with Crippen molar-refractivity contribution in [2.75, 3.05) is 25.1 Å². The molecule has 13 heteroatoms. The zero-order chi connectivity index (χ0) is 31.7. The molecular weight excluding hydrogens is 552 g/mol. The highest BCUT2D eigenvalue weighted by Gasteiger charge is 2.70. The van der Waals surface area contributed by atoms with Gasteiger partial charge in [-0.05, 0) is 49.9 Å². The third-order valence-electron chi connectivity index (χ3n) is 7.73. The molecule has 1 heterocycles. The van der Waals surface area contributed by atoms with Crippen molar-refractivity contribution in [1.29, 1.82) is 0 Å². The number of hydrogen-bond donors (Lipinski definition) is 3. The van der Waals surface area contributed by atoms with Crippen molar-refractivity contribution in [3.63, 3.8) is 0 Å². The number of carbonyl (C=O) groups is 5. The summed E-state index contributed by atoms with van der Waals surface area (Å²) in [4.78, 5) is 67.2. The van der Waals surface area contributed by atoms with Crippen LogP contribution in [0.4, 0.5) is 4.79 Å². The van der Waals surface area contributed by atoms with Gasteiger partial charge in [-0.1, -0.05) is 48.0 Å². The summed E-state index contributed by atoms with van der Waals surface area (Å²) in [5.74, 6) is -3.25. The van der Waals surface area contributed by atoms with Crippen LogP contribution in [0, 0.1) is 22.7 Å². The smallest absolute Gasteiger partial charge is 0.408 e. The molecule has 234 valence electrons. The number of likely N-dealkylation sites (tertiary alicyclic amines) is 1. The van der Waals surface area contributed by atoms with Crippen molar-refractivity contribution in [2.45, 2.75) is 98.9 Å². The van der Waals surface area contributed by atoms with Gasteiger partial charge >= 0.3 is 6.09 Å². The maximum atomic E-state index is 13.9. The number of nitrogens with one attached hydrogen (secondary N) is 3. The number of piperidine rings is 1. The Balaban J connectivity index is 2.26. The fraction of sp³-hybridized carbons (Fsp3) is 0.821. The fourth-order valence-corrected chi connectivity index (χ4v) is 5.94. The second-order valence-corrected chi connectivity index (χ2v) is 16.2. The van der Waals surface area contributed by atoms with Crippen molar-refractivity contribution in [1.82, 2.24) is 20.9 Å². The molecule has 0 aromatic carbocycles. The van der Waals surface area contributed by atoms with Crippen LogP contribution >= 0.6 is 0 Å². The van der Waals surface area contributed by atoms with Gasteiger partial charge in [-0.15, -0.1) is 0 Å². The van der Waals surface area contributed by atoms with Crippen LogP contribution in [0.25, 0.3) is 0 Å². The van der Waals surface area contributed by atoms with Gasteiger partial charge in [0.25, 0.3) is 5.91 Å². The molecular formula is C28H48N4O8S. The van der Waals surface area contributed by atoms with E-state index in [0.29, 0.717) is 13.0 Å². The summed E-state index contributed by atoms with van der Waals surface area (Å²) in [5, 5.41) is 7.70. The predicted molar refractivity (Wildman–Crippen MR) is 153 cm³/mol. The van der Waals surface area contributed by atoms with Crippen molar-refractivity contribution < 1.29 is 37.1 Å². The van der Waals surface area contributed by atoms with E-state index in [1.807, 2.05) is 13.8 Å². The number of alkyl carbamates (subject to hydrolysis) is 1. The van der Waals surface area contributed by atoms with Crippen LogP contribution in [0.3, 0.4) is 0 Å². The first-order valence-corrected chi connectivity index (χ1v) is 16.2. The molecule has 12 nitrogen and oxygen atoms in total. The Morgan fingerprint density at radius 1 is 1.02 bits per heavy atom. The minimum atomic E-state index is -3.33. The summed E-state index contributed by atoms with van der Waals surface area (Å²) in [7, 11) is -3.33. The molecule has 0 aromatic heterocycles. The summed E-state index contributed by atoms with van der Waals surface area (Å²) >= 11 is 0. The lowest BCUT2D eigenvalue weighted by atomic mass is 9.85. The van der Waals surface area contributed by atoms with Gasteiger partial charge in [-0.3, -0.25) is 19.2 Å². The van der Waals surface area contributed by atoms with Crippen LogP contribution < -0.4 is 16.0 Å². The molecule has 0 bridgehead atoms. The van der Waals surface area contributed by atoms with Gasteiger partial charge in [0.1, 0.15) is 27.5 Å². The number of carbonyl (C=O) groups excluding carboxylic acids is 5. The van der Waals surface area contributed by atoms with Gasteiger partial charge in [0, 0.05) is 19.3 Å². The van der Waals surface area contributed by atoms with Crippen molar-refractivity contribution >= 4 is 39.4 Å². The average Bonchev–Trinajstić information content (AvgIpc) is 3.13. The Hall–Kier alpha value is -2.70. The Bertz CT molecular complexity index is 1150. The molecule has 2 unspecified atom stereocenters. The minimum absolute atomic E-state index is 0.0592. The van der Waals surface area contributed by atoms with Crippen LogP contribution in [0.5, 0.6) is 0 Å². The number of rotatable bonds is 11. The van der Waals surface area contributed by atoms with Crippen molar-refractivity contribution in [2.24, 2.45) is 22.7 Å². The maximum Gasteiger partial charge on any atom is 0.408 e.